The molecule has 1 aliphatic heterocycles. The lowest BCUT2D eigenvalue weighted by molar-refractivity contribution is 0.0985. The summed E-state index contributed by atoms with van der Waals surface area (Å²) in [5.74, 6) is 0.677. The molecule has 0 atom stereocenters. The second kappa shape index (κ2) is 7.96. The average molecular weight is 411 g/mol. The molecule has 0 fully saturated rings. The number of amides is 1. The minimum Gasteiger partial charge on any atom is -0.337 e. The number of benzene rings is 2. The first kappa shape index (κ1) is 18.3. The number of nitrogens with zero attached hydrogens (tertiary/aromatic N) is 4. The molecular formula is C23H17N5OS. The molecule has 30 heavy (non-hydrogen) atoms. The van der Waals surface area contributed by atoms with Crippen LogP contribution in [0.15, 0.2) is 95.4 Å². The summed E-state index contributed by atoms with van der Waals surface area (Å²) in [6.45, 7) is 0.423. The highest BCUT2D eigenvalue weighted by molar-refractivity contribution is 7.99. The molecule has 0 unspecified atom stereocenters. The van der Waals surface area contributed by atoms with Crippen LogP contribution in [0.3, 0.4) is 0 Å². The number of aromatic nitrogens is 3. The zero-order chi connectivity index (χ0) is 20.3. The van der Waals surface area contributed by atoms with Gasteiger partial charge in [0.05, 0.1) is 24.1 Å². The van der Waals surface area contributed by atoms with Gasteiger partial charge in [0.25, 0.3) is 5.91 Å². The molecule has 7 heteroatoms. The minimum absolute atomic E-state index is 0.0696. The Morgan fingerprint density at radius 1 is 0.967 bits per heavy atom. The Labute approximate surface area is 178 Å². The summed E-state index contributed by atoms with van der Waals surface area (Å²) < 4.78 is 0. The van der Waals surface area contributed by atoms with Crippen LogP contribution in [-0.4, -0.2) is 20.9 Å². The Morgan fingerprint density at radius 3 is 2.67 bits per heavy atom. The van der Waals surface area contributed by atoms with Gasteiger partial charge in [0.2, 0.25) is 0 Å². The van der Waals surface area contributed by atoms with E-state index < -0.39 is 0 Å². The maximum Gasteiger partial charge on any atom is 0.258 e. The topological polar surface area (TPSA) is 71.0 Å². The fourth-order valence-corrected chi connectivity index (χ4v) is 4.17. The van der Waals surface area contributed by atoms with E-state index in [2.05, 4.69) is 26.3 Å². The molecule has 0 spiro atoms. The lowest BCUT2D eigenvalue weighted by atomic mass is 10.1. The first-order valence-electron chi connectivity index (χ1n) is 9.44. The molecule has 1 amide bonds. The van der Waals surface area contributed by atoms with Crippen molar-refractivity contribution in [3.63, 3.8) is 0 Å². The van der Waals surface area contributed by atoms with Gasteiger partial charge in [0.1, 0.15) is 5.03 Å². The summed E-state index contributed by atoms with van der Waals surface area (Å²) in [7, 11) is 0. The highest BCUT2D eigenvalue weighted by Gasteiger charge is 2.21. The molecule has 4 aromatic rings. The van der Waals surface area contributed by atoms with Crippen molar-refractivity contribution in [1.82, 2.24) is 15.0 Å². The fourth-order valence-electron chi connectivity index (χ4n) is 3.29. The number of fused-ring (bicyclic) bond motifs is 2. The van der Waals surface area contributed by atoms with Crippen molar-refractivity contribution in [2.75, 3.05) is 10.2 Å². The molecule has 0 aliphatic carbocycles. The monoisotopic (exact) mass is 411 g/mol. The third-order valence-corrected chi connectivity index (χ3v) is 5.80. The Bertz CT molecular complexity index is 1200. The summed E-state index contributed by atoms with van der Waals surface area (Å²) >= 11 is 1.58. The Balaban J connectivity index is 1.47. The van der Waals surface area contributed by atoms with E-state index in [1.54, 1.807) is 41.4 Å². The molecule has 5 rings (SSSR count). The van der Waals surface area contributed by atoms with E-state index in [0.717, 1.165) is 32.7 Å². The standard InChI is InChI=1S/C23H17N5OS/c29-23(17-5-2-1-3-6-17)28(18-7-4-10-24-14-18)15-16-8-9-20-19(13-16)27-21-22(30-20)26-12-11-25-21/h1-14H,15H2,(H,25,27). The van der Waals surface area contributed by atoms with Crippen LogP contribution >= 0.6 is 11.8 Å². The molecule has 0 saturated carbocycles. The molecule has 1 N–H and O–H groups in total. The quantitative estimate of drug-likeness (QED) is 0.452. The number of hydrogen-bond acceptors (Lipinski definition) is 6. The molecular weight excluding hydrogens is 394 g/mol. The predicted octanol–water partition coefficient (Wildman–Crippen LogP) is 4.93. The van der Waals surface area contributed by atoms with Gasteiger partial charge in [-0.3, -0.25) is 9.78 Å². The predicted molar refractivity (Wildman–Crippen MR) is 117 cm³/mol. The van der Waals surface area contributed by atoms with Crippen molar-refractivity contribution in [1.29, 1.82) is 0 Å². The smallest absolute Gasteiger partial charge is 0.258 e. The number of carbonyl (C=O) groups excluding carboxylic acids is 1. The summed E-state index contributed by atoms with van der Waals surface area (Å²) in [4.78, 5) is 29.0. The number of nitrogens with one attached hydrogen (secondary N) is 1. The van der Waals surface area contributed by atoms with Gasteiger partial charge < -0.3 is 10.2 Å². The molecule has 0 radical (unpaired) electrons. The number of anilines is 3. The Morgan fingerprint density at radius 2 is 1.83 bits per heavy atom. The van der Waals surface area contributed by atoms with Crippen molar-refractivity contribution in [2.24, 2.45) is 0 Å². The van der Waals surface area contributed by atoms with E-state index in [0.29, 0.717) is 12.1 Å². The first-order valence-corrected chi connectivity index (χ1v) is 10.3. The van der Waals surface area contributed by atoms with Gasteiger partial charge in [-0.25, -0.2) is 9.97 Å². The van der Waals surface area contributed by atoms with Crippen LogP contribution in [0.1, 0.15) is 15.9 Å². The van der Waals surface area contributed by atoms with E-state index in [4.69, 9.17) is 0 Å². The van der Waals surface area contributed by atoms with Gasteiger partial charge in [0, 0.05) is 29.0 Å². The van der Waals surface area contributed by atoms with Crippen LogP contribution in [0.4, 0.5) is 17.2 Å². The number of hydrogen-bond donors (Lipinski definition) is 1. The van der Waals surface area contributed by atoms with Gasteiger partial charge in [-0.15, -0.1) is 0 Å². The molecule has 2 aromatic heterocycles. The van der Waals surface area contributed by atoms with Crippen LogP contribution in [0, 0.1) is 0 Å². The molecule has 146 valence electrons. The molecule has 1 aliphatic rings. The molecule has 0 bridgehead atoms. The van der Waals surface area contributed by atoms with E-state index >= 15 is 0 Å². The molecule has 0 saturated heterocycles. The van der Waals surface area contributed by atoms with Gasteiger partial charge in [-0.05, 0) is 42.0 Å². The normalized spacial score (nSPS) is 11.7. The average Bonchev–Trinajstić information content (AvgIpc) is 2.82. The fraction of sp³-hybridized carbons (Fsp3) is 0.0435. The van der Waals surface area contributed by atoms with E-state index in [1.807, 2.05) is 54.6 Å². The Hall–Kier alpha value is -3.71. The minimum atomic E-state index is -0.0696. The second-order valence-corrected chi connectivity index (χ2v) is 7.77. The highest BCUT2D eigenvalue weighted by Crippen LogP contribution is 2.42. The molecule has 3 heterocycles. The highest BCUT2D eigenvalue weighted by atomic mass is 32.2. The van der Waals surface area contributed by atoms with E-state index in [9.17, 15) is 4.79 Å². The Kier molecular flexibility index (Phi) is 4.86. The summed E-state index contributed by atoms with van der Waals surface area (Å²) in [5, 5.41) is 4.20. The zero-order valence-corrected chi connectivity index (χ0v) is 16.7. The first-order chi connectivity index (χ1) is 14.8. The maximum atomic E-state index is 13.3. The van der Waals surface area contributed by atoms with Crippen molar-refractivity contribution < 1.29 is 4.79 Å². The van der Waals surface area contributed by atoms with Gasteiger partial charge in [-0.1, -0.05) is 36.0 Å². The van der Waals surface area contributed by atoms with Gasteiger partial charge >= 0.3 is 0 Å². The van der Waals surface area contributed by atoms with E-state index in [1.165, 1.54) is 0 Å². The zero-order valence-electron chi connectivity index (χ0n) is 15.9. The number of rotatable bonds is 4. The molecule has 2 aromatic carbocycles. The third-order valence-electron chi connectivity index (χ3n) is 4.73. The van der Waals surface area contributed by atoms with Crippen molar-refractivity contribution in [3.05, 3.63) is 96.6 Å². The van der Waals surface area contributed by atoms with Crippen LogP contribution in [0.2, 0.25) is 0 Å². The number of carbonyl (C=O) groups is 1. The van der Waals surface area contributed by atoms with Gasteiger partial charge in [-0.2, -0.15) is 0 Å². The molecule has 6 nitrogen and oxygen atoms in total. The van der Waals surface area contributed by atoms with Crippen LogP contribution in [0.5, 0.6) is 0 Å². The van der Waals surface area contributed by atoms with Crippen molar-refractivity contribution in [2.45, 2.75) is 16.5 Å². The summed E-state index contributed by atoms with van der Waals surface area (Å²) in [6.07, 6.45) is 6.77. The maximum absolute atomic E-state index is 13.3. The second-order valence-electron chi connectivity index (χ2n) is 6.74. The lowest BCUT2D eigenvalue weighted by Gasteiger charge is -2.24. The van der Waals surface area contributed by atoms with Crippen molar-refractivity contribution >= 4 is 34.9 Å². The van der Waals surface area contributed by atoms with Crippen LogP contribution in [-0.2, 0) is 6.54 Å². The number of pyridine rings is 1. The lowest BCUT2D eigenvalue weighted by Crippen LogP contribution is -2.30. The third kappa shape index (κ3) is 3.62. The summed E-state index contributed by atoms with van der Waals surface area (Å²) in [5.41, 5.74) is 3.35. The van der Waals surface area contributed by atoms with Crippen molar-refractivity contribution in [3.8, 4) is 0 Å². The largest absolute Gasteiger partial charge is 0.337 e. The SMILES string of the molecule is O=C(c1ccccc1)N(Cc1ccc2c(c1)Nc1nccnc1S2)c1cccnc1. The van der Waals surface area contributed by atoms with Gasteiger partial charge in [0.15, 0.2) is 5.82 Å². The van der Waals surface area contributed by atoms with Crippen LogP contribution < -0.4 is 10.2 Å². The summed E-state index contributed by atoms with van der Waals surface area (Å²) in [6, 6.07) is 19.2. The van der Waals surface area contributed by atoms with Crippen LogP contribution in [0.25, 0.3) is 0 Å². The van der Waals surface area contributed by atoms with E-state index in [-0.39, 0.29) is 5.91 Å².